The molecule has 1 aromatic rings. The van der Waals surface area contributed by atoms with Crippen LogP contribution in [0.2, 0.25) is 0 Å². The van der Waals surface area contributed by atoms with Crippen LogP contribution in [0.3, 0.4) is 0 Å². The zero-order valence-corrected chi connectivity index (χ0v) is 12.6. The van der Waals surface area contributed by atoms with E-state index in [0.717, 1.165) is 55.6 Å². The Labute approximate surface area is 123 Å². The van der Waals surface area contributed by atoms with Crippen LogP contribution in [0.5, 0.6) is 0 Å². The lowest BCUT2D eigenvalue weighted by atomic mass is 9.98. The highest BCUT2D eigenvalue weighted by molar-refractivity contribution is 7.99. The molecular weight excluding hydrogens is 272 g/mol. The number of hydrogen-bond donors (Lipinski definition) is 0. The van der Waals surface area contributed by atoms with Gasteiger partial charge in [0.25, 0.3) is 0 Å². The summed E-state index contributed by atoms with van der Waals surface area (Å²) >= 11 is 1.93. The molecule has 2 aliphatic heterocycles. The summed E-state index contributed by atoms with van der Waals surface area (Å²) in [7, 11) is 0. The molecule has 0 aliphatic carbocycles. The van der Waals surface area contributed by atoms with E-state index < -0.39 is 0 Å². The molecule has 3 heterocycles. The number of aryl methyl sites for hydroxylation is 1. The number of amides is 1. The minimum absolute atomic E-state index is 0.151. The summed E-state index contributed by atoms with van der Waals surface area (Å²) in [5.41, 5.74) is 1.05. The van der Waals surface area contributed by atoms with Gasteiger partial charge in [0, 0.05) is 49.4 Å². The number of aromatic nitrogens is 2. The maximum Gasteiger partial charge on any atom is 0.229 e. The van der Waals surface area contributed by atoms with Gasteiger partial charge < -0.3 is 9.80 Å². The lowest BCUT2D eigenvalue weighted by Gasteiger charge is -2.42. The molecule has 2 saturated heterocycles. The first-order valence-corrected chi connectivity index (χ1v) is 8.36. The Morgan fingerprint density at radius 3 is 2.80 bits per heavy atom. The standard InChI is InChI=1S/C14H20N4OS/c1-2-12-7-13(16-10-15-12)18-8-11(9-18)14(19)17-3-5-20-6-4-17/h7,10-11H,2-6,8-9H2,1H3. The highest BCUT2D eigenvalue weighted by Gasteiger charge is 2.36. The predicted molar refractivity (Wildman–Crippen MR) is 81.0 cm³/mol. The van der Waals surface area contributed by atoms with Gasteiger partial charge in [0.05, 0.1) is 5.92 Å². The highest BCUT2D eigenvalue weighted by atomic mass is 32.2. The monoisotopic (exact) mass is 292 g/mol. The molecule has 0 unspecified atom stereocenters. The van der Waals surface area contributed by atoms with Crippen molar-refractivity contribution in [2.45, 2.75) is 13.3 Å². The van der Waals surface area contributed by atoms with Crippen molar-refractivity contribution in [1.29, 1.82) is 0 Å². The number of carbonyl (C=O) groups is 1. The fraction of sp³-hybridized carbons (Fsp3) is 0.643. The van der Waals surface area contributed by atoms with Crippen LogP contribution < -0.4 is 4.90 Å². The average Bonchev–Trinajstić information content (AvgIpc) is 2.47. The van der Waals surface area contributed by atoms with Crippen LogP contribution in [0.4, 0.5) is 5.82 Å². The normalized spacial score (nSPS) is 19.9. The van der Waals surface area contributed by atoms with Gasteiger partial charge in [0.15, 0.2) is 0 Å². The van der Waals surface area contributed by atoms with Crippen LogP contribution in [-0.2, 0) is 11.2 Å². The van der Waals surface area contributed by atoms with E-state index in [2.05, 4.69) is 21.8 Å². The Hall–Kier alpha value is -1.30. The number of nitrogens with zero attached hydrogens (tertiary/aromatic N) is 4. The maximum absolute atomic E-state index is 12.3. The SMILES string of the molecule is CCc1cc(N2CC(C(=O)N3CCSCC3)C2)ncn1. The average molecular weight is 292 g/mol. The summed E-state index contributed by atoms with van der Waals surface area (Å²) in [5.74, 6) is 3.58. The van der Waals surface area contributed by atoms with E-state index in [9.17, 15) is 4.79 Å². The van der Waals surface area contributed by atoms with Crippen molar-refractivity contribution in [3.8, 4) is 0 Å². The first-order valence-electron chi connectivity index (χ1n) is 7.20. The van der Waals surface area contributed by atoms with Crippen molar-refractivity contribution in [3.05, 3.63) is 18.1 Å². The molecule has 0 bridgehead atoms. The molecule has 3 rings (SSSR count). The minimum atomic E-state index is 0.151. The summed E-state index contributed by atoms with van der Waals surface area (Å²) in [6, 6.07) is 2.03. The number of thioether (sulfide) groups is 1. The Balaban J connectivity index is 1.56. The minimum Gasteiger partial charge on any atom is -0.355 e. The number of hydrogen-bond acceptors (Lipinski definition) is 5. The maximum atomic E-state index is 12.3. The molecule has 0 aromatic carbocycles. The number of rotatable bonds is 3. The van der Waals surface area contributed by atoms with Crippen molar-refractivity contribution in [2.75, 3.05) is 42.6 Å². The van der Waals surface area contributed by atoms with Crippen molar-refractivity contribution in [1.82, 2.24) is 14.9 Å². The van der Waals surface area contributed by atoms with E-state index in [1.54, 1.807) is 6.33 Å². The van der Waals surface area contributed by atoms with Gasteiger partial charge in [-0.25, -0.2) is 9.97 Å². The van der Waals surface area contributed by atoms with Gasteiger partial charge in [-0.15, -0.1) is 0 Å². The molecule has 0 spiro atoms. The zero-order valence-electron chi connectivity index (χ0n) is 11.8. The number of carbonyl (C=O) groups excluding carboxylic acids is 1. The van der Waals surface area contributed by atoms with Crippen molar-refractivity contribution in [2.24, 2.45) is 5.92 Å². The van der Waals surface area contributed by atoms with E-state index in [-0.39, 0.29) is 5.92 Å². The lowest BCUT2D eigenvalue weighted by molar-refractivity contribution is -0.135. The van der Waals surface area contributed by atoms with Gasteiger partial charge in [-0.1, -0.05) is 6.92 Å². The van der Waals surface area contributed by atoms with Crippen molar-refractivity contribution in [3.63, 3.8) is 0 Å². The Kier molecular flexibility index (Phi) is 4.10. The molecule has 108 valence electrons. The molecule has 6 heteroatoms. The third kappa shape index (κ3) is 2.75. The summed E-state index contributed by atoms with van der Waals surface area (Å²) in [4.78, 5) is 25.0. The quantitative estimate of drug-likeness (QED) is 0.833. The first-order chi connectivity index (χ1) is 9.78. The Bertz CT molecular complexity index is 484. The molecule has 2 fully saturated rings. The fourth-order valence-electron chi connectivity index (χ4n) is 2.62. The van der Waals surface area contributed by atoms with Crippen LogP contribution in [0, 0.1) is 5.92 Å². The first kappa shape index (κ1) is 13.7. The van der Waals surface area contributed by atoms with Gasteiger partial charge in [-0.2, -0.15) is 11.8 Å². The molecule has 1 amide bonds. The van der Waals surface area contributed by atoms with Crippen LogP contribution in [-0.4, -0.2) is 58.5 Å². The summed E-state index contributed by atoms with van der Waals surface area (Å²) < 4.78 is 0. The summed E-state index contributed by atoms with van der Waals surface area (Å²) in [5, 5.41) is 0. The smallest absolute Gasteiger partial charge is 0.229 e. The van der Waals surface area contributed by atoms with Gasteiger partial charge in [0.2, 0.25) is 5.91 Å². The van der Waals surface area contributed by atoms with Crippen LogP contribution in [0.25, 0.3) is 0 Å². The van der Waals surface area contributed by atoms with E-state index in [1.165, 1.54) is 0 Å². The second-order valence-electron chi connectivity index (χ2n) is 5.26. The molecule has 1 aromatic heterocycles. The molecular formula is C14H20N4OS. The molecule has 0 saturated carbocycles. The zero-order chi connectivity index (χ0) is 13.9. The predicted octanol–water partition coefficient (Wildman–Crippen LogP) is 1.05. The van der Waals surface area contributed by atoms with E-state index >= 15 is 0 Å². The fourth-order valence-corrected chi connectivity index (χ4v) is 3.52. The van der Waals surface area contributed by atoms with Crippen LogP contribution in [0.1, 0.15) is 12.6 Å². The molecule has 5 nitrogen and oxygen atoms in total. The highest BCUT2D eigenvalue weighted by Crippen LogP contribution is 2.25. The Morgan fingerprint density at radius 2 is 2.10 bits per heavy atom. The largest absolute Gasteiger partial charge is 0.355 e. The second-order valence-corrected chi connectivity index (χ2v) is 6.49. The third-order valence-corrected chi connectivity index (χ3v) is 4.89. The third-order valence-electron chi connectivity index (χ3n) is 3.95. The second kappa shape index (κ2) is 5.99. The summed E-state index contributed by atoms with van der Waals surface area (Å²) in [6.45, 7) is 5.50. The van der Waals surface area contributed by atoms with Gasteiger partial charge in [0.1, 0.15) is 12.1 Å². The molecule has 0 radical (unpaired) electrons. The molecule has 20 heavy (non-hydrogen) atoms. The molecule has 0 N–H and O–H groups in total. The summed E-state index contributed by atoms with van der Waals surface area (Å²) in [6.07, 6.45) is 2.53. The van der Waals surface area contributed by atoms with E-state index in [1.807, 2.05) is 22.7 Å². The van der Waals surface area contributed by atoms with Crippen LogP contribution >= 0.6 is 11.8 Å². The topological polar surface area (TPSA) is 49.3 Å². The van der Waals surface area contributed by atoms with Gasteiger partial charge in [-0.05, 0) is 6.42 Å². The lowest BCUT2D eigenvalue weighted by Crippen LogP contribution is -2.56. The van der Waals surface area contributed by atoms with Crippen molar-refractivity contribution >= 4 is 23.5 Å². The van der Waals surface area contributed by atoms with Gasteiger partial charge in [-0.3, -0.25) is 4.79 Å². The number of anilines is 1. The Morgan fingerprint density at radius 1 is 1.35 bits per heavy atom. The van der Waals surface area contributed by atoms with Crippen molar-refractivity contribution < 1.29 is 4.79 Å². The molecule has 2 aliphatic rings. The van der Waals surface area contributed by atoms with Crippen LogP contribution in [0.15, 0.2) is 12.4 Å². The van der Waals surface area contributed by atoms with E-state index in [4.69, 9.17) is 0 Å². The van der Waals surface area contributed by atoms with Gasteiger partial charge >= 0.3 is 0 Å². The van der Waals surface area contributed by atoms with E-state index in [0.29, 0.717) is 5.91 Å². The molecule has 0 atom stereocenters.